The minimum atomic E-state index is 0. The zero-order valence-electron chi connectivity index (χ0n) is 17.9. The lowest BCUT2D eigenvalue weighted by atomic mass is 10.1. The molecule has 0 bridgehead atoms. The molecule has 0 spiro atoms. The van der Waals surface area contributed by atoms with Crippen LogP contribution in [0.15, 0.2) is 42.5 Å². The number of aryl methyl sites for hydroxylation is 2. The van der Waals surface area contributed by atoms with E-state index in [1.165, 1.54) is 5.56 Å². The summed E-state index contributed by atoms with van der Waals surface area (Å²) in [7, 11) is 1.64. The van der Waals surface area contributed by atoms with E-state index in [1.54, 1.807) is 7.11 Å². The molecule has 0 amide bonds. The molecule has 164 valence electrons. The van der Waals surface area contributed by atoms with Gasteiger partial charge in [0.05, 0.1) is 20.3 Å². The Labute approximate surface area is 188 Å². The second-order valence-electron chi connectivity index (χ2n) is 7.18. The van der Waals surface area contributed by atoms with Gasteiger partial charge >= 0.3 is 0 Å². The standard InChI is InChI=1S/C22H26N6O2.ClH/c1-15-7-8-16(2)19(13-15)24-21-25-20(23-17-5-4-6-18(14-17)29-3)26-22(27-21)28-9-11-30-12-10-28;/h4-8,13-14H,9-12H2,1-3H3,(H2,23,24,25,26,27);1H. The van der Waals surface area contributed by atoms with Crippen molar-refractivity contribution in [2.45, 2.75) is 13.8 Å². The Bertz CT molecular complexity index is 1030. The van der Waals surface area contributed by atoms with E-state index in [1.807, 2.05) is 24.3 Å². The van der Waals surface area contributed by atoms with Gasteiger partial charge < -0.3 is 25.0 Å². The van der Waals surface area contributed by atoms with Gasteiger partial charge in [-0.3, -0.25) is 0 Å². The first-order valence-electron chi connectivity index (χ1n) is 9.95. The average Bonchev–Trinajstić information content (AvgIpc) is 2.77. The number of halogens is 1. The third-order valence-electron chi connectivity index (χ3n) is 4.88. The first kappa shape index (κ1) is 22.6. The summed E-state index contributed by atoms with van der Waals surface area (Å²) < 4.78 is 10.8. The highest BCUT2D eigenvalue weighted by molar-refractivity contribution is 5.85. The number of hydrogen-bond acceptors (Lipinski definition) is 8. The lowest BCUT2D eigenvalue weighted by Crippen LogP contribution is -2.37. The van der Waals surface area contributed by atoms with Crippen molar-refractivity contribution >= 4 is 41.6 Å². The van der Waals surface area contributed by atoms with Crippen LogP contribution in [0.25, 0.3) is 0 Å². The van der Waals surface area contributed by atoms with Gasteiger partial charge in [0.25, 0.3) is 0 Å². The van der Waals surface area contributed by atoms with Gasteiger partial charge in [-0.1, -0.05) is 18.2 Å². The molecule has 9 heteroatoms. The molecule has 3 aromatic rings. The van der Waals surface area contributed by atoms with Crippen molar-refractivity contribution in [3.8, 4) is 5.75 Å². The second-order valence-corrected chi connectivity index (χ2v) is 7.18. The molecule has 0 aliphatic carbocycles. The van der Waals surface area contributed by atoms with Crippen molar-refractivity contribution in [1.29, 1.82) is 0 Å². The normalized spacial score (nSPS) is 13.3. The number of ether oxygens (including phenoxy) is 2. The van der Waals surface area contributed by atoms with Crippen molar-refractivity contribution in [3.05, 3.63) is 53.6 Å². The molecule has 1 aliphatic rings. The first-order valence-corrected chi connectivity index (χ1v) is 9.95. The molecule has 1 aromatic heterocycles. The fourth-order valence-corrected chi connectivity index (χ4v) is 3.20. The van der Waals surface area contributed by atoms with Gasteiger partial charge in [0.15, 0.2) is 0 Å². The van der Waals surface area contributed by atoms with Crippen molar-refractivity contribution in [2.75, 3.05) is 48.9 Å². The second kappa shape index (κ2) is 10.3. The van der Waals surface area contributed by atoms with Crippen LogP contribution in [-0.2, 0) is 4.74 Å². The zero-order valence-corrected chi connectivity index (χ0v) is 18.7. The summed E-state index contributed by atoms with van der Waals surface area (Å²) in [6, 6.07) is 13.9. The van der Waals surface area contributed by atoms with Gasteiger partial charge in [-0.05, 0) is 43.2 Å². The van der Waals surface area contributed by atoms with Crippen molar-refractivity contribution in [1.82, 2.24) is 15.0 Å². The fourth-order valence-electron chi connectivity index (χ4n) is 3.20. The van der Waals surface area contributed by atoms with E-state index in [0.29, 0.717) is 31.1 Å². The van der Waals surface area contributed by atoms with Crippen LogP contribution in [0.3, 0.4) is 0 Å². The summed E-state index contributed by atoms with van der Waals surface area (Å²) in [4.78, 5) is 16.0. The molecule has 0 unspecified atom stereocenters. The third kappa shape index (κ3) is 5.74. The van der Waals surface area contributed by atoms with Gasteiger partial charge in [0.2, 0.25) is 17.8 Å². The van der Waals surface area contributed by atoms with Crippen molar-refractivity contribution < 1.29 is 9.47 Å². The number of nitrogens with one attached hydrogen (secondary N) is 2. The molecular weight excluding hydrogens is 416 g/mol. The zero-order chi connectivity index (χ0) is 20.9. The molecule has 0 atom stereocenters. The monoisotopic (exact) mass is 442 g/mol. The van der Waals surface area contributed by atoms with Crippen LogP contribution in [0.1, 0.15) is 11.1 Å². The lowest BCUT2D eigenvalue weighted by Gasteiger charge is -2.27. The van der Waals surface area contributed by atoms with Gasteiger partial charge in [-0.15, -0.1) is 12.4 Å². The number of anilines is 5. The Kier molecular flexibility index (Phi) is 7.49. The SMILES string of the molecule is COc1cccc(Nc2nc(Nc3cc(C)ccc3C)nc(N3CCOCC3)n2)c1.Cl. The predicted octanol–water partition coefficient (Wildman–Crippen LogP) is 4.24. The summed E-state index contributed by atoms with van der Waals surface area (Å²) >= 11 is 0. The Morgan fingerprint density at radius 3 is 2.42 bits per heavy atom. The molecule has 1 aliphatic heterocycles. The van der Waals surface area contributed by atoms with Gasteiger partial charge in [0.1, 0.15) is 5.75 Å². The van der Waals surface area contributed by atoms with Crippen LogP contribution < -0.4 is 20.3 Å². The molecule has 31 heavy (non-hydrogen) atoms. The van der Waals surface area contributed by atoms with Crippen LogP contribution in [0, 0.1) is 13.8 Å². The van der Waals surface area contributed by atoms with Gasteiger partial charge in [-0.2, -0.15) is 15.0 Å². The number of morpholine rings is 1. The fraction of sp³-hybridized carbons (Fsp3) is 0.318. The average molecular weight is 443 g/mol. The first-order chi connectivity index (χ1) is 14.6. The summed E-state index contributed by atoms with van der Waals surface area (Å²) in [5.41, 5.74) is 4.10. The van der Waals surface area contributed by atoms with Crippen LogP contribution in [0.5, 0.6) is 5.75 Å². The minimum Gasteiger partial charge on any atom is -0.497 e. The number of benzene rings is 2. The maximum Gasteiger partial charge on any atom is 0.233 e. The highest BCUT2D eigenvalue weighted by Gasteiger charge is 2.17. The van der Waals surface area contributed by atoms with E-state index in [4.69, 9.17) is 9.47 Å². The smallest absolute Gasteiger partial charge is 0.233 e. The third-order valence-corrected chi connectivity index (χ3v) is 4.88. The summed E-state index contributed by atoms with van der Waals surface area (Å²) in [5, 5.41) is 6.63. The molecule has 0 saturated carbocycles. The molecule has 1 fully saturated rings. The highest BCUT2D eigenvalue weighted by Crippen LogP contribution is 2.24. The van der Waals surface area contributed by atoms with E-state index in [9.17, 15) is 0 Å². The quantitative estimate of drug-likeness (QED) is 0.586. The Balaban J connectivity index is 0.00000272. The molecule has 2 heterocycles. The van der Waals surface area contributed by atoms with Crippen molar-refractivity contribution in [2.24, 2.45) is 0 Å². The number of nitrogens with zero attached hydrogens (tertiary/aromatic N) is 4. The largest absolute Gasteiger partial charge is 0.497 e. The highest BCUT2D eigenvalue weighted by atomic mass is 35.5. The molecule has 2 N–H and O–H groups in total. The molecule has 0 radical (unpaired) electrons. The van der Waals surface area contributed by atoms with E-state index in [0.717, 1.165) is 35.8 Å². The van der Waals surface area contributed by atoms with Crippen LogP contribution in [0.2, 0.25) is 0 Å². The van der Waals surface area contributed by atoms with Crippen LogP contribution >= 0.6 is 12.4 Å². The van der Waals surface area contributed by atoms with E-state index in [2.05, 4.69) is 62.5 Å². The topological polar surface area (TPSA) is 84.4 Å². The maximum absolute atomic E-state index is 5.47. The van der Waals surface area contributed by atoms with E-state index < -0.39 is 0 Å². The van der Waals surface area contributed by atoms with Crippen LogP contribution in [-0.4, -0.2) is 48.4 Å². The number of rotatable bonds is 6. The van der Waals surface area contributed by atoms with Gasteiger partial charge in [0, 0.05) is 30.5 Å². The summed E-state index contributed by atoms with van der Waals surface area (Å²) in [5.74, 6) is 2.33. The Hall–Kier alpha value is -3.10. The molecule has 2 aromatic carbocycles. The van der Waals surface area contributed by atoms with Crippen molar-refractivity contribution in [3.63, 3.8) is 0 Å². The van der Waals surface area contributed by atoms with E-state index in [-0.39, 0.29) is 12.4 Å². The summed E-state index contributed by atoms with van der Waals surface area (Å²) in [6.07, 6.45) is 0. The Morgan fingerprint density at radius 2 is 1.68 bits per heavy atom. The molecule has 1 saturated heterocycles. The molecular formula is C22H27ClN6O2. The number of aromatic nitrogens is 3. The number of hydrogen-bond donors (Lipinski definition) is 2. The maximum atomic E-state index is 5.47. The molecule has 8 nitrogen and oxygen atoms in total. The molecule has 4 rings (SSSR count). The van der Waals surface area contributed by atoms with Crippen LogP contribution in [0.4, 0.5) is 29.2 Å². The van der Waals surface area contributed by atoms with E-state index >= 15 is 0 Å². The lowest BCUT2D eigenvalue weighted by molar-refractivity contribution is 0.122. The number of methoxy groups -OCH3 is 1. The predicted molar refractivity (Wildman–Crippen MR) is 126 cm³/mol. The minimum absolute atomic E-state index is 0. The van der Waals surface area contributed by atoms with Gasteiger partial charge in [-0.25, -0.2) is 0 Å². The summed E-state index contributed by atoms with van der Waals surface area (Å²) in [6.45, 7) is 6.92. The Morgan fingerprint density at radius 1 is 0.935 bits per heavy atom.